The average Bonchev–Trinajstić information content (AvgIpc) is 3.13. The normalized spacial score (nSPS) is 18.9. The van der Waals surface area contributed by atoms with Crippen LogP contribution in [-0.4, -0.2) is 99.4 Å². The van der Waals surface area contributed by atoms with Gasteiger partial charge in [0.2, 0.25) is 0 Å². The lowest BCUT2D eigenvalue weighted by Gasteiger charge is -2.35. The van der Waals surface area contributed by atoms with Gasteiger partial charge in [0.15, 0.2) is 11.5 Å². The van der Waals surface area contributed by atoms with Gasteiger partial charge in [-0.15, -0.1) is 0 Å². The van der Waals surface area contributed by atoms with Crippen molar-refractivity contribution in [2.75, 3.05) is 72.0 Å². The minimum atomic E-state index is -0.159. The van der Waals surface area contributed by atoms with Crippen molar-refractivity contribution in [3.63, 3.8) is 0 Å². The number of nitrogens with one attached hydrogen (secondary N) is 1. The summed E-state index contributed by atoms with van der Waals surface area (Å²) in [6, 6.07) is 12.2. The predicted octanol–water partition coefficient (Wildman–Crippen LogP) is 3.44. The van der Waals surface area contributed by atoms with E-state index >= 15 is 0 Å². The summed E-state index contributed by atoms with van der Waals surface area (Å²) in [5.41, 5.74) is 1.25. The topological polar surface area (TPSA) is 83.6 Å². The number of carbonyl (C=O) groups excluding carboxylic acids is 2. The molecule has 10 heteroatoms. The number of halogens is 1. The van der Waals surface area contributed by atoms with Crippen molar-refractivity contribution < 1.29 is 23.8 Å². The number of morpholine rings is 1. The van der Waals surface area contributed by atoms with Gasteiger partial charge in [-0.1, -0.05) is 17.7 Å². The monoisotopic (exact) mass is 516 g/mol. The molecule has 36 heavy (non-hydrogen) atoms. The van der Waals surface area contributed by atoms with E-state index in [-0.39, 0.29) is 18.0 Å². The largest absolute Gasteiger partial charge is 0.493 e. The molecule has 2 aliphatic rings. The maximum atomic E-state index is 13.1. The van der Waals surface area contributed by atoms with Crippen LogP contribution < -0.4 is 14.8 Å². The van der Waals surface area contributed by atoms with Gasteiger partial charge in [0.25, 0.3) is 5.91 Å². The van der Waals surface area contributed by atoms with Gasteiger partial charge in [-0.2, -0.15) is 0 Å². The summed E-state index contributed by atoms with van der Waals surface area (Å²) in [5, 5.41) is 3.48. The summed E-state index contributed by atoms with van der Waals surface area (Å²) in [7, 11) is 3.13. The Morgan fingerprint density at radius 3 is 2.61 bits per heavy atom. The van der Waals surface area contributed by atoms with E-state index in [1.165, 1.54) is 0 Å². The van der Waals surface area contributed by atoms with E-state index in [2.05, 4.69) is 10.2 Å². The molecule has 2 saturated heterocycles. The minimum absolute atomic E-state index is 0.0180. The van der Waals surface area contributed by atoms with Gasteiger partial charge < -0.3 is 29.3 Å². The van der Waals surface area contributed by atoms with Crippen LogP contribution in [0.15, 0.2) is 42.5 Å². The highest BCUT2D eigenvalue weighted by Gasteiger charge is 2.28. The third-order valence-corrected chi connectivity index (χ3v) is 6.71. The Balaban J connectivity index is 1.29. The van der Waals surface area contributed by atoms with Crippen LogP contribution in [0.2, 0.25) is 5.02 Å². The second-order valence-electron chi connectivity index (χ2n) is 8.90. The SMILES string of the molecule is COc1ccc(C(=O)N2CCCN(C[C@@H]3CN(C(=O)Nc4cccc(Cl)c4)CCO3)CC2)cc1OC. The Bertz CT molecular complexity index is 1070. The third-order valence-electron chi connectivity index (χ3n) is 6.47. The summed E-state index contributed by atoms with van der Waals surface area (Å²) in [5.74, 6) is 1.12. The molecule has 2 aromatic rings. The maximum absolute atomic E-state index is 13.1. The van der Waals surface area contributed by atoms with Crippen molar-refractivity contribution in [2.45, 2.75) is 12.5 Å². The first-order chi connectivity index (χ1) is 17.5. The standard InChI is InChI=1S/C26H33ClN4O5/c1-34-23-8-7-19(15-24(23)35-2)25(32)30-10-4-9-29(11-12-30)17-22-18-31(13-14-36-22)26(33)28-21-6-3-5-20(27)16-21/h3,5-8,15-16,22H,4,9-14,17-18H2,1-2H3,(H,28,33)/t22-/m1/s1. The molecule has 3 amide bonds. The number of urea groups is 1. The zero-order valence-corrected chi connectivity index (χ0v) is 21.5. The van der Waals surface area contributed by atoms with Crippen molar-refractivity contribution >= 4 is 29.2 Å². The molecule has 0 unspecified atom stereocenters. The fraction of sp³-hybridized carbons (Fsp3) is 0.462. The van der Waals surface area contributed by atoms with Gasteiger partial charge >= 0.3 is 6.03 Å². The molecular weight excluding hydrogens is 484 g/mol. The zero-order valence-electron chi connectivity index (χ0n) is 20.7. The molecule has 0 aromatic heterocycles. The number of benzene rings is 2. The smallest absolute Gasteiger partial charge is 0.322 e. The summed E-state index contributed by atoms with van der Waals surface area (Å²) in [4.78, 5) is 31.9. The van der Waals surface area contributed by atoms with E-state index < -0.39 is 0 Å². The van der Waals surface area contributed by atoms with Gasteiger partial charge in [0.05, 0.1) is 26.9 Å². The first kappa shape index (κ1) is 26.1. The van der Waals surface area contributed by atoms with Crippen LogP contribution in [0.1, 0.15) is 16.8 Å². The van der Waals surface area contributed by atoms with Crippen molar-refractivity contribution in [3.05, 3.63) is 53.1 Å². The fourth-order valence-corrected chi connectivity index (χ4v) is 4.77. The Labute approximate surface area is 216 Å². The highest BCUT2D eigenvalue weighted by molar-refractivity contribution is 6.30. The van der Waals surface area contributed by atoms with Crippen LogP contribution in [0.4, 0.5) is 10.5 Å². The summed E-state index contributed by atoms with van der Waals surface area (Å²) < 4.78 is 16.6. The molecule has 1 N–H and O–H groups in total. The predicted molar refractivity (Wildman–Crippen MR) is 138 cm³/mol. The number of hydrogen-bond donors (Lipinski definition) is 1. The van der Waals surface area contributed by atoms with Gasteiger partial charge in [0.1, 0.15) is 0 Å². The van der Waals surface area contributed by atoms with Crippen LogP contribution in [0, 0.1) is 0 Å². The summed E-state index contributed by atoms with van der Waals surface area (Å²) in [6.07, 6.45) is 0.780. The zero-order chi connectivity index (χ0) is 25.5. The van der Waals surface area contributed by atoms with Crippen LogP contribution in [-0.2, 0) is 4.74 Å². The number of nitrogens with zero attached hydrogens (tertiary/aromatic N) is 3. The van der Waals surface area contributed by atoms with Crippen LogP contribution in [0.3, 0.4) is 0 Å². The lowest BCUT2D eigenvalue weighted by Crippen LogP contribution is -2.51. The van der Waals surface area contributed by atoms with E-state index in [0.29, 0.717) is 67.1 Å². The van der Waals surface area contributed by atoms with Gasteiger partial charge in [-0.3, -0.25) is 9.69 Å². The number of hydrogen-bond acceptors (Lipinski definition) is 6. The lowest BCUT2D eigenvalue weighted by atomic mass is 10.1. The molecule has 0 radical (unpaired) electrons. The highest BCUT2D eigenvalue weighted by Crippen LogP contribution is 2.28. The van der Waals surface area contributed by atoms with Crippen LogP contribution in [0.5, 0.6) is 11.5 Å². The van der Waals surface area contributed by atoms with Gasteiger partial charge in [-0.05, 0) is 49.4 Å². The Kier molecular flexibility index (Phi) is 8.90. The number of amides is 3. The third kappa shape index (κ3) is 6.60. The molecule has 0 spiro atoms. The van der Waals surface area contributed by atoms with E-state index in [4.69, 9.17) is 25.8 Å². The molecule has 0 bridgehead atoms. The molecule has 4 rings (SSSR count). The second kappa shape index (κ2) is 12.3. The lowest BCUT2D eigenvalue weighted by molar-refractivity contribution is -0.0283. The molecule has 2 aromatic carbocycles. The first-order valence-corrected chi connectivity index (χ1v) is 12.5. The van der Waals surface area contributed by atoms with E-state index in [1.54, 1.807) is 55.5 Å². The number of rotatable bonds is 6. The van der Waals surface area contributed by atoms with E-state index in [1.807, 2.05) is 11.0 Å². The molecule has 194 valence electrons. The van der Waals surface area contributed by atoms with E-state index in [0.717, 1.165) is 19.5 Å². The van der Waals surface area contributed by atoms with Crippen LogP contribution in [0.25, 0.3) is 0 Å². The Hall–Kier alpha value is -3.01. The molecular formula is C26H33ClN4O5. The number of methoxy groups -OCH3 is 2. The van der Waals surface area contributed by atoms with Crippen molar-refractivity contribution in [1.82, 2.24) is 14.7 Å². The van der Waals surface area contributed by atoms with Crippen molar-refractivity contribution in [2.24, 2.45) is 0 Å². The number of carbonyl (C=O) groups is 2. The van der Waals surface area contributed by atoms with Crippen LogP contribution >= 0.6 is 11.6 Å². The first-order valence-electron chi connectivity index (χ1n) is 12.1. The molecule has 2 fully saturated rings. The van der Waals surface area contributed by atoms with Gasteiger partial charge in [-0.25, -0.2) is 4.79 Å². The average molecular weight is 517 g/mol. The number of anilines is 1. The van der Waals surface area contributed by atoms with Gasteiger partial charge in [0, 0.05) is 55.5 Å². The minimum Gasteiger partial charge on any atom is -0.493 e. The fourth-order valence-electron chi connectivity index (χ4n) is 4.58. The summed E-state index contributed by atoms with van der Waals surface area (Å²) >= 11 is 6.02. The molecule has 0 aliphatic carbocycles. The highest BCUT2D eigenvalue weighted by atomic mass is 35.5. The molecule has 2 heterocycles. The summed E-state index contributed by atoms with van der Waals surface area (Å²) in [6.45, 7) is 5.17. The Morgan fingerprint density at radius 2 is 1.83 bits per heavy atom. The van der Waals surface area contributed by atoms with E-state index in [9.17, 15) is 9.59 Å². The quantitative estimate of drug-likeness (QED) is 0.633. The molecule has 1 atom stereocenters. The Morgan fingerprint density at radius 1 is 1.00 bits per heavy atom. The van der Waals surface area contributed by atoms with Crippen molar-refractivity contribution in [3.8, 4) is 11.5 Å². The molecule has 0 saturated carbocycles. The molecule has 9 nitrogen and oxygen atoms in total. The van der Waals surface area contributed by atoms with Crippen molar-refractivity contribution in [1.29, 1.82) is 0 Å². The second-order valence-corrected chi connectivity index (χ2v) is 9.33. The number of ether oxygens (including phenoxy) is 3. The maximum Gasteiger partial charge on any atom is 0.322 e. The molecule has 2 aliphatic heterocycles.